The minimum Gasteiger partial charge on any atom is -0.457 e. The van der Waals surface area contributed by atoms with E-state index >= 15 is 0 Å². The van der Waals surface area contributed by atoms with Gasteiger partial charge in [0.1, 0.15) is 6.61 Å². The molecule has 314 valence electrons. The van der Waals surface area contributed by atoms with Crippen LogP contribution in [0.15, 0.2) is 30.3 Å². The quantitative estimate of drug-likeness (QED) is 0.0234. The van der Waals surface area contributed by atoms with Crippen LogP contribution < -0.4 is 0 Å². The molecule has 0 saturated carbocycles. The van der Waals surface area contributed by atoms with Crippen molar-refractivity contribution in [1.82, 2.24) is 0 Å². The van der Waals surface area contributed by atoms with Crippen molar-refractivity contribution in [1.29, 1.82) is 0 Å². The van der Waals surface area contributed by atoms with Crippen molar-refractivity contribution in [3.05, 3.63) is 35.9 Å². The first-order valence-electron chi connectivity index (χ1n) is 19.0. The summed E-state index contributed by atoms with van der Waals surface area (Å²) in [5.41, 5.74) is 0.295. The number of carbonyl (C=O) groups excluding carboxylic acids is 2. The van der Waals surface area contributed by atoms with E-state index in [4.69, 9.17) is 61.6 Å². The van der Waals surface area contributed by atoms with Crippen LogP contribution in [0.4, 0.5) is 0 Å². The Labute approximate surface area is 335 Å². The number of Topliss-reactive ketones (excluding diaryl/α,β-unsaturated/α-hetero) is 1. The van der Waals surface area contributed by atoms with E-state index in [2.05, 4.69) is 22.6 Å². The number of unbranched alkanes of at least 4 members (excludes halogenated alkanes) is 3. The van der Waals surface area contributed by atoms with Gasteiger partial charge < -0.3 is 61.6 Å². The zero-order valence-electron chi connectivity index (χ0n) is 32.1. The summed E-state index contributed by atoms with van der Waals surface area (Å²) >= 11 is 2.42. The molecule has 0 N–H and O–H groups in total. The third kappa shape index (κ3) is 36.3. The van der Waals surface area contributed by atoms with E-state index in [9.17, 15) is 9.59 Å². The highest BCUT2D eigenvalue weighted by Crippen LogP contribution is 2.03. The average Bonchev–Trinajstić information content (AvgIpc) is 3.19. The molecule has 0 fully saturated rings. The summed E-state index contributed by atoms with van der Waals surface area (Å²) in [4.78, 5) is 23.6. The van der Waals surface area contributed by atoms with Gasteiger partial charge in [-0.1, -0.05) is 65.8 Å². The number of ether oxygens (including phenoxy) is 13. The maximum absolute atomic E-state index is 11.9. The van der Waals surface area contributed by atoms with Crippen molar-refractivity contribution < 1.29 is 71.2 Å². The number of esters is 1. The molecule has 0 aliphatic carbocycles. The number of rotatable bonds is 44. The summed E-state index contributed by atoms with van der Waals surface area (Å²) < 4.78 is 71.8. The fourth-order valence-electron chi connectivity index (χ4n) is 4.14. The van der Waals surface area contributed by atoms with Crippen molar-refractivity contribution in [2.75, 3.05) is 170 Å². The maximum atomic E-state index is 11.9. The van der Waals surface area contributed by atoms with Crippen molar-refractivity contribution in [2.45, 2.75) is 25.7 Å². The highest BCUT2D eigenvalue weighted by atomic mass is 127. The zero-order chi connectivity index (χ0) is 38.7. The molecule has 0 atom stereocenters. The first-order valence-corrected chi connectivity index (χ1v) is 20.5. The van der Waals surface area contributed by atoms with Crippen LogP contribution in [0.3, 0.4) is 0 Å². The Bertz CT molecular complexity index is 931. The second-order valence-electron chi connectivity index (χ2n) is 11.3. The molecule has 1 rings (SSSR count). The van der Waals surface area contributed by atoms with E-state index in [-0.39, 0.29) is 13.2 Å². The molecule has 0 aliphatic rings. The number of carbonyl (C=O) groups is 2. The first kappa shape index (κ1) is 50.6. The lowest BCUT2D eigenvalue weighted by Gasteiger charge is -2.09. The van der Waals surface area contributed by atoms with Gasteiger partial charge in [-0.05, 0) is 17.3 Å². The lowest BCUT2D eigenvalue weighted by molar-refractivity contribution is -0.139. The third-order valence-corrected chi connectivity index (χ3v) is 7.71. The van der Waals surface area contributed by atoms with Gasteiger partial charge in [0.25, 0.3) is 5.78 Å². The van der Waals surface area contributed by atoms with Gasteiger partial charge in [0, 0.05) is 12.2 Å². The molecule has 0 aliphatic heterocycles. The lowest BCUT2D eigenvalue weighted by atomic mass is 10.1. The molecule has 1 aromatic carbocycles. The molecule has 15 nitrogen and oxygen atoms in total. The third-order valence-electron chi connectivity index (χ3n) is 6.95. The van der Waals surface area contributed by atoms with Gasteiger partial charge in [0.15, 0.2) is 0 Å². The Morgan fingerprint density at radius 2 is 0.630 bits per heavy atom. The van der Waals surface area contributed by atoms with Gasteiger partial charge >= 0.3 is 5.97 Å². The smallest absolute Gasteiger partial charge is 0.379 e. The predicted molar refractivity (Wildman–Crippen MR) is 209 cm³/mol. The Morgan fingerprint density at radius 3 is 0.944 bits per heavy atom. The second-order valence-corrected chi connectivity index (χ2v) is 12.4. The summed E-state index contributed by atoms with van der Waals surface area (Å²) in [6, 6.07) is 8.26. The van der Waals surface area contributed by atoms with Gasteiger partial charge in [-0.3, -0.25) is 4.79 Å². The van der Waals surface area contributed by atoms with Crippen LogP contribution in [0.5, 0.6) is 0 Å². The van der Waals surface area contributed by atoms with Gasteiger partial charge in [0.2, 0.25) is 0 Å². The molecule has 0 aromatic heterocycles. The molecular weight excluding hydrogens is 823 g/mol. The SMILES string of the molecule is O=C(OCCOCCOCCOCCOCCOCCOCCOCCOCCOCCOCCOCCOCCCCCCI)C(=O)c1ccccc1. The number of halogens is 1. The Kier molecular flexibility index (Phi) is 40.1. The second kappa shape index (κ2) is 42.7. The van der Waals surface area contributed by atoms with Gasteiger partial charge in [0.05, 0.1) is 152 Å². The van der Waals surface area contributed by atoms with E-state index in [1.165, 1.54) is 23.7 Å². The van der Waals surface area contributed by atoms with Crippen molar-refractivity contribution in [2.24, 2.45) is 0 Å². The molecule has 0 unspecified atom stereocenters. The Morgan fingerprint density at radius 1 is 0.352 bits per heavy atom. The molecule has 54 heavy (non-hydrogen) atoms. The lowest BCUT2D eigenvalue weighted by Crippen LogP contribution is -2.20. The van der Waals surface area contributed by atoms with Crippen LogP contribution in [0.25, 0.3) is 0 Å². The Balaban J connectivity index is 1.64. The van der Waals surface area contributed by atoms with Crippen LogP contribution >= 0.6 is 22.6 Å². The summed E-state index contributed by atoms with van der Waals surface area (Å²) in [6.07, 6.45) is 4.95. The normalized spacial score (nSPS) is 11.4. The summed E-state index contributed by atoms with van der Waals surface area (Å²) in [6.45, 7) is 11.8. The van der Waals surface area contributed by atoms with E-state index in [0.29, 0.717) is 151 Å². The maximum Gasteiger partial charge on any atom is 0.379 e. The first-order chi connectivity index (χ1) is 26.8. The van der Waals surface area contributed by atoms with Crippen LogP contribution in [-0.4, -0.2) is 181 Å². The molecule has 0 saturated heterocycles. The molecule has 0 bridgehead atoms. The van der Waals surface area contributed by atoms with Crippen molar-refractivity contribution in [3.63, 3.8) is 0 Å². The standard InChI is InChI=1S/C38H65IO15/c39-10-6-1-2-7-11-42-12-13-43-14-15-44-16-17-45-18-19-46-20-21-47-22-23-48-24-25-49-26-27-50-28-29-51-30-31-52-32-33-53-34-35-54-38(41)37(40)36-8-4-3-5-9-36/h3-5,8-9H,1-2,6-7,10-35H2. The van der Waals surface area contributed by atoms with Gasteiger partial charge in [-0.2, -0.15) is 0 Å². The zero-order valence-corrected chi connectivity index (χ0v) is 34.3. The van der Waals surface area contributed by atoms with E-state index in [0.717, 1.165) is 13.0 Å². The highest BCUT2D eigenvalue weighted by Gasteiger charge is 2.17. The number of benzene rings is 1. The predicted octanol–water partition coefficient (Wildman–Crippen LogP) is 3.61. The van der Waals surface area contributed by atoms with Crippen LogP contribution in [0, 0.1) is 0 Å². The number of ketones is 1. The topological polar surface area (TPSA) is 154 Å². The van der Waals surface area contributed by atoms with E-state index in [1.54, 1.807) is 30.3 Å². The summed E-state index contributed by atoms with van der Waals surface area (Å²) in [7, 11) is 0. The molecule has 0 spiro atoms. The van der Waals surface area contributed by atoms with E-state index in [1.807, 2.05) is 0 Å². The van der Waals surface area contributed by atoms with Crippen molar-refractivity contribution >= 4 is 34.3 Å². The van der Waals surface area contributed by atoms with Crippen LogP contribution in [0.1, 0.15) is 36.0 Å². The van der Waals surface area contributed by atoms with Gasteiger partial charge in [-0.15, -0.1) is 0 Å². The largest absolute Gasteiger partial charge is 0.457 e. The van der Waals surface area contributed by atoms with Crippen LogP contribution in [-0.2, 0) is 66.4 Å². The number of alkyl halides is 1. The fraction of sp³-hybridized carbons (Fsp3) is 0.789. The molecule has 1 aromatic rings. The minimum absolute atomic E-state index is 0.00346. The summed E-state index contributed by atoms with van der Waals surface area (Å²) in [5, 5.41) is 0. The van der Waals surface area contributed by atoms with Gasteiger partial charge in [-0.25, -0.2) is 4.79 Å². The summed E-state index contributed by atoms with van der Waals surface area (Å²) in [5.74, 6) is -1.57. The average molecular weight is 889 g/mol. The molecule has 0 amide bonds. The molecule has 0 heterocycles. The highest BCUT2D eigenvalue weighted by molar-refractivity contribution is 14.1. The minimum atomic E-state index is -0.897. The molecule has 16 heteroatoms. The monoisotopic (exact) mass is 888 g/mol. The van der Waals surface area contributed by atoms with Crippen molar-refractivity contribution in [3.8, 4) is 0 Å². The number of hydrogen-bond acceptors (Lipinski definition) is 15. The Hall–Kier alpha value is -1.39. The number of hydrogen-bond donors (Lipinski definition) is 0. The fourth-order valence-corrected chi connectivity index (χ4v) is 4.68. The molecule has 0 radical (unpaired) electrons. The van der Waals surface area contributed by atoms with Crippen LogP contribution in [0.2, 0.25) is 0 Å². The molecular formula is C38H65IO15. The van der Waals surface area contributed by atoms with E-state index < -0.39 is 11.8 Å².